The largest absolute Gasteiger partial charge is 0.271 e. The monoisotopic (exact) mass is 298 g/mol. The van der Waals surface area contributed by atoms with E-state index in [-0.39, 0.29) is 6.04 Å². The van der Waals surface area contributed by atoms with E-state index in [4.69, 9.17) is 17.4 Å². The van der Waals surface area contributed by atoms with Crippen LogP contribution < -0.4 is 11.3 Å². The number of aromatic nitrogens is 2. The Bertz CT molecular complexity index is 755. The van der Waals surface area contributed by atoms with Crippen molar-refractivity contribution in [3.63, 3.8) is 0 Å². The Kier molecular flexibility index (Phi) is 4.10. The van der Waals surface area contributed by atoms with Crippen LogP contribution in [0.3, 0.4) is 0 Å². The van der Waals surface area contributed by atoms with Crippen molar-refractivity contribution < 1.29 is 0 Å². The van der Waals surface area contributed by atoms with Crippen LogP contribution in [-0.4, -0.2) is 9.97 Å². The number of nitrogens with two attached hydrogens (primary N) is 1. The molecule has 0 aliphatic carbocycles. The standard InChI is InChI=1S/C16H15ClN4/c17-16-10-12(6-8-20-16)15(21-18)9-11-5-7-19-14-4-2-1-3-13(11)14/h1-8,10,15,21H,9,18H2. The Morgan fingerprint density at radius 1 is 1.10 bits per heavy atom. The van der Waals surface area contributed by atoms with Crippen molar-refractivity contribution in [2.45, 2.75) is 12.5 Å². The van der Waals surface area contributed by atoms with E-state index in [2.05, 4.69) is 21.5 Å². The number of hydrogen-bond acceptors (Lipinski definition) is 4. The molecule has 0 saturated carbocycles. The van der Waals surface area contributed by atoms with Gasteiger partial charge in [-0.2, -0.15) is 0 Å². The van der Waals surface area contributed by atoms with Crippen molar-refractivity contribution in [2.75, 3.05) is 0 Å². The minimum atomic E-state index is -0.0312. The summed E-state index contributed by atoms with van der Waals surface area (Å²) in [7, 11) is 0. The SMILES string of the molecule is NNC(Cc1ccnc2ccccc12)c1ccnc(Cl)c1. The maximum atomic E-state index is 5.95. The van der Waals surface area contributed by atoms with Crippen molar-refractivity contribution >= 4 is 22.5 Å². The number of hydrazine groups is 1. The molecule has 3 aromatic rings. The molecule has 3 N–H and O–H groups in total. The summed E-state index contributed by atoms with van der Waals surface area (Å²) in [6, 6.07) is 13.8. The molecular weight excluding hydrogens is 284 g/mol. The quantitative estimate of drug-likeness (QED) is 0.441. The zero-order valence-corrected chi connectivity index (χ0v) is 12.1. The van der Waals surface area contributed by atoms with Gasteiger partial charge in [0.1, 0.15) is 5.15 Å². The number of pyridine rings is 2. The van der Waals surface area contributed by atoms with Gasteiger partial charge in [-0.3, -0.25) is 16.3 Å². The molecule has 0 spiro atoms. The fourth-order valence-corrected chi connectivity index (χ4v) is 2.64. The lowest BCUT2D eigenvalue weighted by Crippen LogP contribution is -2.29. The molecule has 3 rings (SSSR count). The smallest absolute Gasteiger partial charge is 0.129 e. The molecular formula is C16H15ClN4. The molecule has 21 heavy (non-hydrogen) atoms. The van der Waals surface area contributed by atoms with Gasteiger partial charge >= 0.3 is 0 Å². The summed E-state index contributed by atoms with van der Waals surface area (Å²) >= 11 is 5.95. The van der Waals surface area contributed by atoms with Crippen LogP contribution in [-0.2, 0) is 6.42 Å². The fourth-order valence-electron chi connectivity index (χ4n) is 2.46. The van der Waals surface area contributed by atoms with Crippen LogP contribution in [0.1, 0.15) is 17.2 Å². The molecule has 4 nitrogen and oxygen atoms in total. The molecule has 0 aliphatic rings. The Balaban J connectivity index is 1.96. The van der Waals surface area contributed by atoms with E-state index in [1.165, 1.54) is 5.56 Å². The topological polar surface area (TPSA) is 63.8 Å². The summed E-state index contributed by atoms with van der Waals surface area (Å²) in [5.41, 5.74) is 6.04. The lowest BCUT2D eigenvalue weighted by Gasteiger charge is -2.17. The van der Waals surface area contributed by atoms with Crippen LogP contribution in [0.25, 0.3) is 10.9 Å². The van der Waals surface area contributed by atoms with Crippen LogP contribution >= 0.6 is 11.6 Å². The average molecular weight is 299 g/mol. The zero-order valence-electron chi connectivity index (χ0n) is 11.3. The van der Waals surface area contributed by atoms with Gasteiger partial charge in [-0.25, -0.2) is 4.98 Å². The lowest BCUT2D eigenvalue weighted by atomic mass is 9.98. The molecule has 1 atom stereocenters. The number of para-hydroxylation sites is 1. The molecule has 0 fully saturated rings. The third-order valence-corrected chi connectivity index (χ3v) is 3.72. The summed E-state index contributed by atoms with van der Waals surface area (Å²) in [6.45, 7) is 0. The Morgan fingerprint density at radius 2 is 1.90 bits per heavy atom. The van der Waals surface area contributed by atoms with Crippen LogP contribution in [0, 0.1) is 0 Å². The van der Waals surface area contributed by atoms with Gasteiger partial charge in [0, 0.05) is 17.8 Å². The third kappa shape index (κ3) is 3.03. The van der Waals surface area contributed by atoms with Crippen molar-refractivity contribution in [3.8, 4) is 0 Å². The zero-order chi connectivity index (χ0) is 14.7. The van der Waals surface area contributed by atoms with Gasteiger partial charge in [0.25, 0.3) is 0 Å². The van der Waals surface area contributed by atoms with E-state index in [0.29, 0.717) is 5.15 Å². The lowest BCUT2D eigenvalue weighted by molar-refractivity contribution is 0.553. The summed E-state index contributed by atoms with van der Waals surface area (Å²) in [5.74, 6) is 5.72. The van der Waals surface area contributed by atoms with Gasteiger partial charge in [-0.15, -0.1) is 0 Å². The number of nitrogens with one attached hydrogen (secondary N) is 1. The van der Waals surface area contributed by atoms with Crippen molar-refractivity contribution in [3.05, 3.63) is 71.1 Å². The molecule has 0 amide bonds. The predicted octanol–water partition coefficient (Wildman–Crippen LogP) is 3.03. The van der Waals surface area contributed by atoms with Gasteiger partial charge < -0.3 is 0 Å². The molecule has 1 unspecified atom stereocenters. The molecule has 5 heteroatoms. The van der Waals surface area contributed by atoms with Crippen molar-refractivity contribution in [1.29, 1.82) is 0 Å². The minimum Gasteiger partial charge on any atom is -0.271 e. The van der Waals surface area contributed by atoms with E-state index in [9.17, 15) is 0 Å². The first-order valence-corrected chi connectivity index (χ1v) is 7.06. The van der Waals surface area contributed by atoms with Gasteiger partial charge in [-0.05, 0) is 41.8 Å². The Morgan fingerprint density at radius 3 is 2.71 bits per heavy atom. The number of hydrogen-bond donors (Lipinski definition) is 2. The fraction of sp³-hybridized carbons (Fsp3) is 0.125. The highest BCUT2D eigenvalue weighted by molar-refractivity contribution is 6.29. The molecule has 0 radical (unpaired) electrons. The molecule has 2 aromatic heterocycles. The molecule has 0 aliphatic heterocycles. The van der Waals surface area contributed by atoms with Gasteiger partial charge in [0.2, 0.25) is 0 Å². The highest BCUT2D eigenvalue weighted by atomic mass is 35.5. The predicted molar refractivity (Wildman–Crippen MR) is 84.8 cm³/mol. The molecule has 1 aromatic carbocycles. The second kappa shape index (κ2) is 6.18. The second-order valence-corrected chi connectivity index (χ2v) is 5.21. The van der Waals surface area contributed by atoms with E-state index >= 15 is 0 Å². The summed E-state index contributed by atoms with van der Waals surface area (Å²) in [5, 5.41) is 1.60. The molecule has 0 bridgehead atoms. The third-order valence-electron chi connectivity index (χ3n) is 3.52. The van der Waals surface area contributed by atoms with Crippen LogP contribution in [0.4, 0.5) is 0 Å². The van der Waals surface area contributed by atoms with Crippen molar-refractivity contribution in [1.82, 2.24) is 15.4 Å². The number of halogens is 1. The number of benzene rings is 1. The van der Waals surface area contributed by atoms with E-state index in [1.54, 1.807) is 6.20 Å². The molecule has 2 heterocycles. The first-order chi connectivity index (χ1) is 10.3. The molecule has 0 saturated heterocycles. The first-order valence-electron chi connectivity index (χ1n) is 6.68. The Labute approximate surface area is 128 Å². The number of nitrogens with zero attached hydrogens (tertiary/aromatic N) is 2. The maximum Gasteiger partial charge on any atom is 0.129 e. The molecule has 106 valence electrons. The normalized spacial score (nSPS) is 12.5. The number of fused-ring (bicyclic) bond motifs is 1. The highest BCUT2D eigenvalue weighted by Gasteiger charge is 2.13. The second-order valence-electron chi connectivity index (χ2n) is 4.82. The summed E-state index contributed by atoms with van der Waals surface area (Å²) < 4.78 is 0. The Hall–Kier alpha value is -2.01. The summed E-state index contributed by atoms with van der Waals surface area (Å²) in [4.78, 5) is 8.38. The van der Waals surface area contributed by atoms with Crippen LogP contribution in [0.5, 0.6) is 0 Å². The van der Waals surface area contributed by atoms with E-state index in [1.807, 2.05) is 42.6 Å². The summed E-state index contributed by atoms with van der Waals surface area (Å²) in [6.07, 6.45) is 4.26. The minimum absolute atomic E-state index is 0.0312. The van der Waals surface area contributed by atoms with E-state index in [0.717, 1.165) is 22.9 Å². The maximum absolute atomic E-state index is 5.95. The average Bonchev–Trinajstić information content (AvgIpc) is 2.52. The van der Waals surface area contributed by atoms with Gasteiger partial charge in [0.05, 0.1) is 11.6 Å². The first kappa shape index (κ1) is 13.9. The van der Waals surface area contributed by atoms with E-state index < -0.39 is 0 Å². The number of rotatable bonds is 4. The van der Waals surface area contributed by atoms with Crippen molar-refractivity contribution in [2.24, 2.45) is 5.84 Å². The highest BCUT2D eigenvalue weighted by Crippen LogP contribution is 2.24. The van der Waals surface area contributed by atoms with Gasteiger partial charge in [0.15, 0.2) is 0 Å². The van der Waals surface area contributed by atoms with Crippen LogP contribution in [0.15, 0.2) is 54.9 Å². The van der Waals surface area contributed by atoms with Gasteiger partial charge in [-0.1, -0.05) is 29.8 Å². The van der Waals surface area contributed by atoms with Crippen LogP contribution in [0.2, 0.25) is 5.15 Å².